The van der Waals surface area contributed by atoms with Crippen LogP contribution in [0.2, 0.25) is 5.82 Å². The third-order valence-corrected chi connectivity index (χ3v) is 2.07. The van der Waals surface area contributed by atoms with Crippen LogP contribution in [0.4, 0.5) is 4.39 Å². The summed E-state index contributed by atoms with van der Waals surface area (Å²) in [6.07, 6.45) is 4.24. The van der Waals surface area contributed by atoms with Gasteiger partial charge in [-0.15, -0.1) is 0 Å². The minimum atomic E-state index is -0.472. The molecule has 1 aliphatic carbocycles. The van der Waals surface area contributed by atoms with Gasteiger partial charge < -0.3 is 5.11 Å². The van der Waals surface area contributed by atoms with Gasteiger partial charge in [0.25, 0.3) is 0 Å². The normalized spacial score (nSPS) is 33.2. The third kappa shape index (κ3) is 1.93. The van der Waals surface area contributed by atoms with Gasteiger partial charge >= 0.3 is 0 Å². The van der Waals surface area contributed by atoms with Gasteiger partial charge in [0, 0.05) is 5.92 Å². The van der Waals surface area contributed by atoms with Crippen LogP contribution in [0.3, 0.4) is 0 Å². The monoisotopic (exact) mass is 154 g/mol. The van der Waals surface area contributed by atoms with Crippen LogP contribution < -0.4 is 0 Å². The Balaban J connectivity index is 2.73. The first kappa shape index (κ1) is 8.53. The Morgan fingerprint density at radius 2 is 2.36 bits per heavy atom. The first-order chi connectivity index (χ1) is 5.11. The quantitative estimate of drug-likeness (QED) is 0.554. The van der Waals surface area contributed by atoms with Gasteiger partial charge in [-0.1, -0.05) is 6.08 Å². The van der Waals surface area contributed by atoms with Crippen molar-refractivity contribution in [2.45, 2.75) is 18.8 Å². The molecule has 0 aromatic carbocycles. The van der Waals surface area contributed by atoms with Crippen molar-refractivity contribution in [3.63, 3.8) is 0 Å². The molecule has 0 aliphatic heterocycles. The molecule has 1 aliphatic rings. The van der Waals surface area contributed by atoms with Crippen LogP contribution in [0.25, 0.3) is 0 Å². The second kappa shape index (κ2) is 3.22. The Morgan fingerprint density at radius 1 is 1.73 bits per heavy atom. The molecule has 0 aromatic rings. The largest absolute Gasteiger partial charge is 0.393 e. The molecular weight excluding hydrogens is 142 g/mol. The molecule has 0 bridgehead atoms. The molecule has 1 rings (SSSR count). The number of hydrogen-bond donors (Lipinski definition) is 1. The van der Waals surface area contributed by atoms with Crippen LogP contribution in [0, 0.1) is 5.92 Å². The number of hydrogen-bond acceptors (Lipinski definition) is 1. The number of aliphatic hydroxyl groups excluding tert-OH is 1. The van der Waals surface area contributed by atoms with E-state index in [2.05, 4.69) is 0 Å². The molecule has 0 amide bonds. The molecule has 11 heavy (non-hydrogen) atoms. The topological polar surface area (TPSA) is 20.2 Å². The van der Waals surface area contributed by atoms with Crippen LogP contribution in [0.15, 0.2) is 24.1 Å². The fourth-order valence-corrected chi connectivity index (χ4v) is 1.34. The van der Waals surface area contributed by atoms with Gasteiger partial charge in [-0.05, 0) is 24.9 Å². The highest BCUT2D eigenvalue weighted by molar-refractivity contribution is 6.13. The van der Waals surface area contributed by atoms with Crippen LogP contribution >= 0.6 is 0 Å². The van der Waals surface area contributed by atoms with Gasteiger partial charge in [0.1, 0.15) is 13.7 Å². The summed E-state index contributed by atoms with van der Waals surface area (Å²) in [6.45, 7) is 1.68. The molecule has 0 heterocycles. The predicted octanol–water partition coefficient (Wildman–Crippen LogP) is 0.828. The molecule has 0 spiro atoms. The van der Waals surface area contributed by atoms with Crippen molar-refractivity contribution in [1.82, 2.24) is 0 Å². The van der Waals surface area contributed by atoms with Gasteiger partial charge in [0.05, 0.1) is 6.10 Å². The maximum absolute atomic E-state index is 12.6. The van der Waals surface area contributed by atoms with Gasteiger partial charge in [0.2, 0.25) is 0 Å². The summed E-state index contributed by atoms with van der Waals surface area (Å²) < 4.78 is 12.6. The molecule has 3 atom stereocenters. The van der Waals surface area contributed by atoms with E-state index >= 15 is 0 Å². The lowest BCUT2D eigenvalue weighted by atomic mass is 9.72. The minimum Gasteiger partial charge on any atom is -0.393 e. The van der Waals surface area contributed by atoms with Gasteiger partial charge in [-0.25, -0.2) is 4.39 Å². The molecular formula is C8H12BFO. The summed E-state index contributed by atoms with van der Waals surface area (Å²) >= 11 is 0. The highest BCUT2D eigenvalue weighted by Gasteiger charge is 2.21. The molecule has 0 saturated carbocycles. The SMILES string of the molecule is BC1C=CC(F)=CC1[C@@H](C)O. The number of halogens is 1. The van der Waals surface area contributed by atoms with E-state index in [-0.39, 0.29) is 17.6 Å². The Morgan fingerprint density at radius 3 is 2.82 bits per heavy atom. The van der Waals surface area contributed by atoms with E-state index in [4.69, 9.17) is 0 Å². The smallest absolute Gasteiger partial charge is 0.119 e. The molecule has 3 heteroatoms. The molecule has 2 unspecified atom stereocenters. The fraction of sp³-hybridized carbons (Fsp3) is 0.500. The summed E-state index contributed by atoms with van der Waals surface area (Å²) in [7, 11) is 1.97. The van der Waals surface area contributed by atoms with Crippen LogP contribution in [-0.4, -0.2) is 19.1 Å². The van der Waals surface area contributed by atoms with E-state index in [0.29, 0.717) is 0 Å². The molecule has 1 nitrogen and oxygen atoms in total. The average molecular weight is 154 g/mol. The van der Waals surface area contributed by atoms with Crippen molar-refractivity contribution in [2.75, 3.05) is 0 Å². The maximum Gasteiger partial charge on any atom is 0.119 e. The van der Waals surface area contributed by atoms with E-state index in [1.165, 1.54) is 12.2 Å². The van der Waals surface area contributed by atoms with Crippen molar-refractivity contribution in [2.24, 2.45) is 5.92 Å². The lowest BCUT2D eigenvalue weighted by Crippen LogP contribution is -2.20. The fourth-order valence-electron chi connectivity index (χ4n) is 1.34. The first-order valence-corrected chi connectivity index (χ1v) is 3.85. The Kier molecular flexibility index (Phi) is 2.50. The van der Waals surface area contributed by atoms with E-state index < -0.39 is 6.10 Å². The molecule has 0 fully saturated rings. The Hall–Kier alpha value is -0.565. The van der Waals surface area contributed by atoms with Crippen molar-refractivity contribution < 1.29 is 9.50 Å². The Labute approximate surface area is 67.0 Å². The summed E-state index contributed by atoms with van der Waals surface area (Å²) in [4.78, 5) is 0. The molecule has 0 radical (unpaired) electrons. The van der Waals surface area contributed by atoms with Crippen molar-refractivity contribution in [3.05, 3.63) is 24.1 Å². The summed E-state index contributed by atoms with van der Waals surface area (Å²) in [5.41, 5.74) is 0. The van der Waals surface area contributed by atoms with Gasteiger partial charge in [-0.3, -0.25) is 0 Å². The summed E-state index contributed by atoms with van der Waals surface area (Å²) in [5, 5.41) is 9.22. The first-order valence-electron chi connectivity index (χ1n) is 3.85. The second-order valence-corrected chi connectivity index (χ2v) is 3.09. The van der Waals surface area contributed by atoms with Crippen LogP contribution in [0.5, 0.6) is 0 Å². The van der Waals surface area contributed by atoms with Gasteiger partial charge in [0.15, 0.2) is 0 Å². The maximum atomic E-state index is 12.6. The minimum absolute atomic E-state index is 0.0694. The number of allylic oxidation sites excluding steroid dienone is 3. The average Bonchev–Trinajstić information content (AvgIpc) is 1.94. The molecule has 0 saturated heterocycles. The Bertz CT molecular complexity index is 198. The van der Waals surface area contributed by atoms with Crippen LogP contribution in [-0.2, 0) is 0 Å². The zero-order valence-corrected chi connectivity index (χ0v) is 6.79. The zero-order valence-electron chi connectivity index (χ0n) is 6.79. The highest BCUT2D eigenvalue weighted by atomic mass is 19.1. The van der Waals surface area contributed by atoms with E-state index in [9.17, 15) is 9.50 Å². The second-order valence-electron chi connectivity index (χ2n) is 3.09. The van der Waals surface area contributed by atoms with E-state index in [0.717, 1.165) is 0 Å². The van der Waals surface area contributed by atoms with Crippen molar-refractivity contribution in [3.8, 4) is 0 Å². The highest BCUT2D eigenvalue weighted by Crippen LogP contribution is 2.28. The van der Waals surface area contributed by atoms with E-state index in [1.807, 2.05) is 7.85 Å². The summed E-state index contributed by atoms with van der Waals surface area (Å²) in [5.74, 6) is -0.0801. The summed E-state index contributed by atoms with van der Waals surface area (Å²) in [6, 6.07) is 0. The number of rotatable bonds is 1. The zero-order chi connectivity index (χ0) is 8.43. The van der Waals surface area contributed by atoms with E-state index in [1.54, 1.807) is 13.0 Å². The number of aliphatic hydroxyl groups is 1. The lowest BCUT2D eigenvalue weighted by Gasteiger charge is -2.23. The molecule has 1 N–H and O–H groups in total. The lowest BCUT2D eigenvalue weighted by molar-refractivity contribution is 0.148. The van der Waals surface area contributed by atoms with Crippen molar-refractivity contribution in [1.29, 1.82) is 0 Å². The standard InChI is InChI=1S/C8H12BFO/c1-5(11)7-4-6(10)2-3-8(7)9/h2-5,7-8,11H,9H2,1H3/t5-,7?,8?/m1/s1. The van der Waals surface area contributed by atoms with Crippen LogP contribution in [0.1, 0.15) is 6.92 Å². The van der Waals surface area contributed by atoms with Crippen molar-refractivity contribution >= 4 is 7.85 Å². The van der Waals surface area contributed by atoms with Gasteiger partial charge in [-0.2, -0.15) is 0 Å². The third-order valence-electron chi connectivity index (χ3n) is 2.07. The predicted molar refractivity (Wildman–Crippen MR) is 45.8 cm³/mol. The molecule has 0 aromatic heterocycles. The molecule has 60 valence electrons.